The summed E-state index contributed by atoms with van der Waals surface area (Å²) < 4.78 is 40.3. The molecule has 0 radical (unpaired) electrons. The lowest BCUT2D eigenvalue weighted by molar-refractivity contribution is -0.137. The normalized spacial score (nSPS) is 17.3. The van der Waals surface area contributed by atoms with Gasteiger partial charge in [-0.1, -0.05) is 0 Å². The van der Waals surface area contributed by atoms with Crippen molar-refractivity contribution >= 4 is 23.9 Å². The Kier molecular flexibility index (Phi) is 5.66. The van der Waals surface area contributed by atoms with E-state index in [1.165, 1.54) is 6.07 Å². The number of benzene rings is 1. The summed E-state index contributed by atoms with van der Waals surface area (Å²) >= 11 is 0. The molecule has 1 fully saturated rings. The van der Waals surface area contributed by atoms with Gasteiger partial charge in [0.25, 0.3) is 0 Å². The largest absolute Gasteiger partial charge is 0.507 e. The number of aromatic hydroxyl groups is 1. The molecular formula is C18H19ClF3N5O. The summed E-state index contributed by atoms with van der Waals surface area (Å²) in [5.41, 5.74) is 0.251. The van der Waals surface area contributed by atoms with Crippen LogP contribution in [0.3, 0.4) is 0 Å². The van der Waals surface area contributed by atoms with Crippen molar-refractivity contribution in [2.24, 2.45) is 0 Å². The summed E-state index contributed by atoms with van der Waals surface area (Å²) in [6.07, 6.45) is -0.641. The molecule has 28 heavy (non-hydrogen) atoms. The van der Waals surface area contributed by atoms with Gasteiger partial charge in [0.05, 0.1) is 11.1 Å². The van der Waals surface area contributed by atoms with Crippen LogP contribution in [-0.2, 0) is 6.18 Å². The van der Waals surface area contributed by atoms with Gasteiger partial charge in [0.15, 0.2) is 0 Å². The maximum Gasteiger partial charge on any atom is 0.416 e. The lowest BCUT2D eigenvalue weighted by Crippen LogP contribution is -2.39. The molecule has 0 saturated carbocycles. The number of rotatable bonds is 3. The zero-order valence-electron chi connectivity index (χ0n) is 14.7. The van der Waals surface area contributed by atoms with Gasteiger partial charge in [-0.3, -0.25) is 4.40 Å². The third-order valence-electron chi connectivity index (χ3n) is 4.67. The number of alkyl halides is 3. The van der Waals surface area contributed by atoms with Crippen molar-refractivity contribution in [3.63, 3.8) is 0 Å². The van der Waals surface area contributed by atoms with Gasteiger partial charge >= 0.3 is 6.18 Å². The maximum atomic E-state index is 12.8. The zero-order chi connectivity index (χ0) is 19.0. The van der Waals surface area contributed by atoms with Gasteiger partial charge in [0, 0.05) is 24.3 Å². The lowest BCUT2D eigenvalue weighted by atomic mass is 10.1. The van der Waals surface area contributed by atoms with Crippen LogP contribution in [0, 0.1) is 0 Å². The minimum Gasteiger partial charge on any atom is -0.507 e. The smallest absolute Gasteiger partial charge is 0.416 e. The number of anilines is 1. The van der Waals surface area contributed by atoms with E-state index < -0.39 is 17.5 Å². The van der Waals surface area contributed by atoms with Crippen LogP contribution in [0.2, 0.25) is 0 Å². The number of piperidine rings is 1. The molecule has 0 spiro atoms. The molecule has 0 aliphatic carbocycles. The third kappa shape index (κ3) is 3.85. The molecule has 2 aromatic heterocycles. The topological polar surface area (TPSA) is 74.5 Å². The number of phenolic OH excluding ortho intramolecular Hbond substituents is 1. The molecule has 1 atom stereocenters. The Labute approximate surface area is 165 Å². The first-order chi connectivity index (χ1) is 12.9. The van der Waals surface area contributed by atoms with Crippen molar-refractivity contribution in [3.05, 3.63) is 42.1 Å². The van der Waals surface area contributed by atoms with Crippen molar-refractivity contribution in [2.45, 2.75) is 25.1 Å². The van der Waals surface area contributed by atoms with Crippen LogP contribution in [0.5, 0.6) is 5.75 Å². The first kappa shape index (κ1) is 20.2. The van der Waals surface area contributed by atoms with Gasteiger partial charge in [-0.05, 0) is 49.7 Å². The molecule has 10 heteroatoms. The summed E-state index contributed by atoms with van der Waals surface area (Å²) in [6.45, 7) is 1.82. The van der Waals surface area contributed by atoms with E-state index in [1.54, 1.807) is 22.7 Å². The second kappa shape index (κ2) is 7.84. The number of nitrogens with one attached hydrogen (secondary N) is 2. The fraction of sp³-hybridized carbons (Fsp3) is 0.333. The van der Waals surface area contributed by atoms with Gasteiger partial charge in [-0.2, -0.15) is 13.2 Å². The van der Waals surface area contributed by atoms with Gasteiger partial charge < -0.3 is 15.7 Å². The summed E-state index contributed by atoms with van der Waals surface area (Å²) in [7, 11) is 0. The molecular weight excluding hydrogens is 395 g/mol. The summed E-state index contributed by atoms with van der Waals surface area (Å²) in [4.78, 5) is 0. The van der Waals surface area contributed by atoms with E-state index in [0.29, 0.717) is 23.2 Å². The highest BCUT2D eigenvalue weighted by Gasteiger charge is 2.31. The van der Waals surface area contributed by atoms with Crippen molar-refractivity contribution in [1.82, 2.24) is 19.9 Å². The van der Waals surface area contributed by atoms with E-state index in [4.69, 9.17) is 0 Å². The van der Waals surface area contributed by atoms with E-state index in [0.717, 1.165) is 32.0 Å². The molecule has 1 saturated heterocycles. The Morgan fingerprint density at radius 3 is 2.71 bits per heavy atom. The molecule has 1 aliphatic heterocycles. The summed E-state index contributed by atoms with van der Waals surface area (Å²) in [5, 5.41) is 25.2. The van der Waals surface area contributed by atoms with Crippen LogP contribution in [0.4, 0.5) is 19.1 Å². The van der Waals surface area contributed by atoms with E-state index >= 15 is 0 Å². The van der Waals surface area contributed by atoms with Gasteiger partial charge in [-0.15, -0.1) is 22.6 Å². The zero-order valence-corrected chi connectivity index (χ0v) is 15.5. The highest BCUT2D eigenvalue weighted by Crippen LogP contribution is 2.37. The first-order valence-electron chi connectivity index (χ1n) is 8.65. The van der Waals surface area contributed by atoms with Crippen molar-refractivity contribution < 1.29 is 18.3 Å². The number of phenols is 1. The molecule has 3 heterocycles. The van der Waals surface area contributed by atoms with Crippen LogP contribution in [0.25, 0.3) is 16.8 Å². The fourth-order valence-corrected chi connectivity index (χ4v) is 3.31. The molecule has 3 aromatic rings. The van der Waals surface area contributed by atoms with Crippen LogP contribution in [0.15, 0.2) is 36.5 Å². The Morgan fingerprint density at radius 1 is 1.21 bits per heavy atom. The first-order valence-corrected chi connectivity index (χ1v) is 8.65. The summed E-state index contributed by atoms with van der Waals surface area (Å²) in [5.74, 6) is 0.0678. The number of nitrogens with zero attached hydrogens (tertiary/aromatic N) is 3. The SMILES string of the molecule is Cl.Oc1cc(C(F)(F)F)ccc1-c1nnc(N[C@@H]2CCCNC2)n2cccc12. The quantitative estimate of drug-likeness (QED) is 0.610. The van der Waals surface area contributed by atoms with Crippen LogP contribution in [-0.4, -0.2) is 38.8 Å². The average molecular weight is 414 g/mol. The van der Waals surface area contributed by atoms with E-state index in [1.807, 2.05) is 0 Å². The lowest BCUT2D eigenvalue weighted by Gasteiger charge is -2.24. The second-order valence-corrected chi connectivity index (χ2v) is 6.55. The fourth-order valence-electron chi connectivity index (χ4n) is 3.31. The average Bonchev–Trinajstić information content (AvgIpc) is 3.13. The second-order valence-electron chi connectivity index (χ2n) is 6.55. The van der Waals surface area contributed by atoms with E-state index in [9.17, 15) is 18.3 Å². The third-order valence-corrected chi connectivity index (χ3v) is 4.67. The number of aromatic nitrogens is 3. The summed E-state index contributed by atoms with van der Waals surface area (Å²) in [6, 6.07) is 6.66. The Hall–Kier alpha value is -2.52. The standard InChI is InChI=1S/C18H18F3N5O.ClH/c19-18(20,21)11-5-6-13(15(27)9-11)16-14-4-2-8-26(14)17(25-24-16)23-12-3-1-7-22-10-12;/h2,4-6,8-9,12,22,27H,1,3,7,10H2,(H,23,25);1H/t12-;/m1./s1. The minimum absolute atomic E-state index is 0. The predicted octanol–water partition coefficient (Wildman–Crippen LogP) is 3.71. The number of fused-ring (bicyclic) bond motifs is 1. The van der Waals surface area contributed by atoms with Gasteiger partial charge in [-0.25, -0.2) is 0 Å². The van der Waals surface area contributed by atoms with E-state index in [2.05, 4.69) is 20.8 Å². The number of halogens is 4. The van der Waals surface area contributed by atoms with Crippen molar-refractivity contribution in [3.8, 4) is 17.0 Å². The molecule has 1 aliphatic rings. The highest BCUT2D eigenvalue weighted by molar-refractivity contribution is 5.85. The molecule has 6 nitrogen and oxygen atoms in total. The van der Waals surface area contributed by atoms with Crippen LogP contribution >= 0.6 is 12.4 Å². The number of hydrogen-bond acceptors (Lipinski definition) is 5. The molecule has 1 aromatic carbocycles. The maximum absolute atomic E-state index is 12.8. The number of hydrogen-bond donors (Lipinski definition) is 3. The molecule has 4 rings (SSSR count). The Bertz CT molecular complexity index is 969. The Morgan fingerprint density at radius 2 is 2.04 bits per heavy atom. The molecule has 150 valence electrons. The van der Waals surface area contributed by atoms with Gasteiger partial charge in [0.2, 0.25) is 5.95 Å². The highest BCUT2D eigenvalue weighted by atomic mass is 35.5. The predicted molar refractivity (Wildman–Crippen MR) is 102 cm³/mol. The van der Waals surface area contributed by atoms with Crippen LogP contribution in [0.1, 0.15) is 18.4 Å². The minimum atomic E-state index is -4.52. The van der Waals surface area contributed by atoms with Crippen molar-refractivity contribution in [1.29, 1.82) is 0 Å². The monoisotopic (exact) mass is 413 g/mol. The van der Waals surface area contributed by atoms with E-state index in [-0.39, 0.29) is 24.0 Å². The van der Waals surface area contributed by atoms with Gasteiger partial charge in [0.1, 0.15) is 11.4 Å². The van der Waals surface area contributed by atoms with Crippen LogP contribution < -0.4 is 10.6 Å². The molecule has 0 bridgehead atoms. The van der Waals surface area contributed by atoms with Crippen molar-refractivity contribution in [2.75, 3.05) is 18.4 Å². The molecule has 0 amide bonds. The Balaban J connectivity index is 0.00000225. The molecule has 0 unspecified atom stereocenters. The molecule has 3 N–H and O–H groups in total.